The maximum atomic E-state index is 13.0. The van der Waals surface area contributed by atoms with Crippen molar-refractivity contribution in [2.24, 2.45) is 5.92 Å². The average molecular weight is 337 g/mol. The van der Waals surface area contributed by atoms with Crippen LogP contribution in [-0.2, 0) is 14.8 Å². The number of rotatable bonds is 4. The lowest BCUT2D eigenvalue weighted by molar-refractivity contribution is -0.138. The van der Waals surface area contributed by atoms with Gasteiger partial charge in [-0.25, -0.2) is 8.42 Å². The van der Waals surface area contributed by atoms with Gasteiger partial charge in [-0.05, 0) is 68.7 Å². The standard InChI is InChI=1S/C17H23NO4S/c1-12-3-4-15(9-13(12)2)23(21,22)18-8-5-14(10-16(19)20)11-17(18)6-7-17/h3-4,9,14H,5-8,10-11H2,1-2H3,(H,19,20). The molecular formula is C17H23NO4S. The molecule has 1 aromatic rings. The third kappa shape index (κ3) is 3.02. The first kappa shape index (κ1) is 16.5. The van der Waals surface area contributed by atoms with Gasteiger partial charge in [0.1, 0.15) is 0 Å². The Bertz CT molecular complexity index is 737. The monoisotopic (exact) mass is 337 g/mol. The van der Waals surface area contributed by atoms with E-state index in [1.54, 1.807) is 16.4 Å². The third-order valence-corrected chi connectivity index (χ3v) is 7.29. The largest absolute Gasteiger partial charge is 0.481 e. The van der Waals surface area contributed by atoms with Gasteiger partial charge < -0.3 is 5.11 Å². The van der Waals surface area contributed by atoms with E-state index in [0.717, 1.165) is 24.0 Å². The number of sulfonamides is 1. The second-order valence-electron chi connectivity index (χ2n) is 7.00. The van der Waals surface area contributed by atoms with E-state index in [0.29, 0.717) is 24.3 Å². The Balaban J connectivity index is 1.86. The SMILES string of the molecule is Cc1ccc(S(=O)(=O)N2CCC(CC(=O)O)CC23CC3)cc1C. The van der Waals surface area contributed by atoms with Crippen molar-refractivity contribution in [1.29, 1.82) is 0 Å². The summed E-state index contributed by atoms with van der Waals surface area (Å²) < 4.78 is 27.7. The quantitative estimate of drug-likeness (QED) is 0.917. The predicted molar refractivity (Wildman–Crippen MR) is 86.7 cm³/mol. The van der Waals surface area contributed by atoms with Crippen LogP contribution in [0.2, 0.25) is 0 Å². The zero-order chi connectivity index (χ0) is 16.8. The van der Waals surface area contributed by atoms with Crippen LogP contribution in [0.15, 0.2) is 23.1 Å². The van der Waals surface area contributed by atoms with E-state index < -0.39 is 16.0 Å². The summed E-state index contributed by atoms with van der Waals surface area (Å²) in [5.74, 6) is -0.711. The number of carboxylic acids is 1. The zero-order valence-corrected chi connectivity index (χ0v) is 14.4. The molecular weight excluding hydrogens is 314 g/mol. The Hall–Kier alpha value is -1.40. The maximum absolute atomic E-state index is 13.0. The van der Waals surface area contributed by atoms with E-state index in [4.69, 9.17) is 5.11 Å². The fourth-order valence-corrected chi connectivity index (χ4v) is 5.61. The zero-order valence-electron chi connectivity index (χ0n) is 13.6. The van der Waals surface area contributed by atoms with Crippen LogP contribution in [0, 0.1) is 19.8 Å². The Morgan fingerprint density at radius 3 is 2.57 bits per heavy atom. The van der Waals surface area contributed by atoms with Crippen LogP contribution >= 0.6 is 0 Å². The van der Waals surface area contributed by atoms with Crippen LogP contribution in [-0.4, -0.2) is 35.9 Å². The first-order chi connectivity index (χ1) is 10.7. The number of aryl methyl sites for hydroxylation is 2. The number of carboxylic acid groups (broad SMARTS) is 1. The third-order valence-electron chi connectivity index (χ3n) is 5.29. The van der Waals surface area contributed by atoms with E-state index in [2.05, 4.69) is 0 Å². The summed E-state index contributed by atoms with van der Waals surface area (Å²) in [4.78, 5) is 11.3. The molecule has 1 spiro atoms. The van der Waals surface area contributed by atoms with E-state index in [1.807, 2.05) is 19.9 Å². The molecule has 1 atom stereocenters. The van der Waals surface area contributed by atoms with Gasteiger partial charge in [-0.1, -0.05) is 6.07 Å². The number of carbonyl (C=O) groups is 1. The van der Waals surface area contributed by atoms with E-state index in [1.165, 1.54) is 0 Å². The number of nitrogens with zero attached hydrogens (tertiary/aromatic N) is 1. The van der Waals surface area contributed by atoms with Crippen molar-refractivity contribution in [3.63, 3.8) is 0 Å². The van der Waals surface area contributed by atoms with Gasteiger partial charge in [-0.2, -0.15) is 4.31 Å². The first-order valence-corrected chi connectivity index (χ1v) is 9.50. The number of benzene rings is 1. The van der Waals surface area contributed by atoms with E-state index in [-0.39, 0.29) is 17.9 Å². The second-order valence-corrected chi connectivity index (χ2v) is 8.87. The summed E-state index contributed by atoms with van der Waals surface area (Å²) in [6.45, 7) is 4.30. The van der Waals surface area contributed by atoms with Gasteiger partial charge in [0, 0.05) is 18.5 Å². The van der Waals surface area contributed by atoms with Crippen LogP contribution in [0.1, 0.15) is 43.2 Å². The van der Waals surface area contributed by atoms with Gasteiger partial charge in [-0.15, -0.1) is 0 Å². The fraction of sp³-hybridized carbons (Fsp3) is 0.588. The molecule has 1 heterocycles. The van der Waals surface area contributed by atoms with Gasteiger partial charge in [0.25, 0.3) is 0 Å². The summed E-state index contributed by atoms with van der Waals surface area (Å²) in [7, 11) is -3.51. The summed E-state index contributed by atoms with van der Waals surface area (Å²) >= 11 is 0. The number of hydrogen-bond donors (Lipinski definition) is 1. The van der Waals surface area contributed by atoms with Crippen molar-refractivity contribution in [2.75, 3.05) is 6.54 Å². The summed E-state index contributed by atoms with van der Waals surface area (Å²) in [6, 6.07) is 5.26. The highest BCUT2D eigenvalue weighted by molar-refractivity contribution is 7.89. The molecule has 1 aliphatic carbocycles. The van der Waals surface area contributed by atoms with Gasteiger partial charge in [0.05, 0.1) is 4.90 Å². The molecule has 6 heteroatoms. The average Bonchev–Trinajstić information content (AvgIpc) is 3.20. The number of hydrogen-bond acceptors (Lipinski definition) is 3. The lowest BCUT2D eigenvalue weighted by Gasteiger charge is -2.38. The minimum Gasteiger partial charge on any atom is -0.481 e. The van der Waals surface area contributed by atoms with Crippen LogP contribution in [0.4, 0.5) is 0 Å². The van der Waals surface area contributed by atoms with Crippen LogP contribution in [0.25, 0.3) is 0 Å². The molecule has 0 radical (unpaired) electrons. The van der Waals surface area contributed by atoms with Gasteiger partial charge >= 0.3 is 5.97 Å². The molecule has 5 nitrogen and oxygen atoms in total. The highest BCUT2D eigenvalue weighted by Gasteiger charge is 2.56. The highest BCUT2D eigenvalue weighted by atomic mass is 32.2. The van der Waals surface area contributed by atoms with Gasteiger partial charge in [0.15, 0.2) is 0 Å². The molecule has 3 rings (SSSR count). The summed E-state index contributed by atoms with van der Waals surface area (Å²) in [5, 5.41) is 8.98. The van der Waals surface area contributed by atoms with Crippen molar-refractivity contribution >= 4 is 16.0 Å². The van der Waals surface area contributed by atoms with Crippen molar-refractivity contribution in [2.45, 2.75) is 56.4 Å². The summed E-state index contributed by atoms with van der Waals surface area (Å²) in [5.41, 5.74) is 1.71. The van der Waals surface area contributed by atoms with E-state index >= 15 is 0 Å². The summed E-state index contributed by atoms with van der Waals surface area (Å²) in [6.07, 6.45) is 3.11. The number of piperidine rings is 1. The molecule has 2 aliphatic rings. The molecule has 23 heavy (non-hydrogen) atoms. The smallest absolute Gasteiger partial charge is 0.303 e. The van der Waals surface area contributed by atoms with Crippen molar-refractivity contribution < 1.29 is 18.3 Å². The lowest BCUT2D eigenvalue weighted by Crippen LogP contribution is -2.48. The topological polar surface area (TPSA) is 74.7 Å². The Morgan fingerprint density at radius 1 is 1.30 bits per heavy atom. The minimum absolute atomic E-state index is 0.0844. The maximum Gasteiger partial charge on any atom is 0.303 e. The molecule has 1 aromatic carbocycles. The Morgan fingerprint density at radius 2 is 2.00 bits per heavy atom. The molecule has 0 amide bonds. The molecule has 0 aromatic heterocycles. The number of aliphatic carboxylic acids is 1. The van der Waals surface area contributed by atoms with Crippen LogP contribution < -0.4 is 0 Å². The molecule has 2 fully saturated rings. The van der Waals surface area contributed by atoms with Crippen molar-refractivity contribution in [3.8, 4) is 0 Å². The van der Waals surface area contributed by atoms with Gasteiger partial charge in [-0.3, -0.25) is 4.79 Å². The molecule has 1 N–H and O–H groups in total. The molecule has 1 unspecified atom stereocenters. The molecule has 1 aliphatic heterocycles. The minimum atomic E-state index is -3.51. The lowest BCUT2D eigenvalue weighted by atomic mass is 9.88. The molecule has 1 saturated heterocycles. The van der Waals surface area contributed by atoms with Crippen molar-refractivity contribution in [3.05, 3.63) is 29.3 Å². The normalized spacial score (nSPS) is 23.8. The Kier molecular flexibility index (Phi) is 4.01. The molecule has 126 valence electrons. The molecule has 1 saturated carbocycles. The highest BCUT2D eigenvalue weighted by Crippen LogP contribution is 2.52. The van der Waals surface area contributed by atoms with E-state index in [9.17, 15) is 13.2 Å². The Labute approximate surface area is 137 Å². The molecule has 0 bridgehead atoms. The van der Waals surface area contributed by atoms with Crippen LogP contribution in [0.5, 0.6) is 0 Å². The fourth-order valence-electron chi connectivity index (χ4n) is 3.67. The van der Waals surface area contributed by atoms with Crippen molar-refractivity contribution in [1.82, 2.24) is 4.31 Å². The van der Waals surface area contributed by atoms with Gasteiger partial charge in [0.2, 0.25) is 10.0 Å². The second kappa shape index (κ2) is 5.60. The van der Waals surface area contributed by atoms with Crippen LogP contribution in [0.3, 0.4) is 0 Å². The first-order valence-electron chi connectivity index (χ1n) is 8.06. The predicted octanol–water partition coefficient (Wildman–Crippen LogP) is 2.71.